The molecule has 1 saturated heterocycles. The molecule has 0 radical (unpaired) electrons. The molecule has 0 spiro atoms. The number of rotatable bonds is 7. The monoisotopic (exact) mass is 281 g/mol. The van der Waals surface area contributed by atoms with E-state index in [2.05, 4.69) is 29.1 Å². The Balaban J connectivity index is 1.72. The minimum absolute atomic E-state index is 0.761. The lowest BCUT2D eigenvalue weighted by Gasteiger charge is -2.30. The standard InChI is InChI=1S/C17H35N3/c1-3-18-17-10-6-4-5-9-16(17)15-19(2)13-14-20-11-7-8-12-20/h16-18H,3-15H2,1-2H3. The van der Waals surface area contributed by atoms with Crippen molar-refractivity contribution >= 4 is 0 Å². The molecule has 1 aliphatic heterocycles. The Bertz CT molecular complexity index is 251. The zero-order chi connectivity index (χ0) is 14.2. The van der Waals surface area contributed by atoms with Crippen molar-refractivity contribution in [3.63, 3.8) is 0 Å². The molecule has 118 valence electrons. The normalized spacial score (nSPS) is 28.9. The smallest absolute Gasteiger partial charge is 0.0109 e. The minimum atomic E-state index is 0.761. The summed E-state index contributed by atoms with van der Waals surface area (Å²) in [5, 5.41) is 3.74. The molecule has 20 heavy (non-hydrogen) atoms. The highest BCUT2D eigenvalue weighted by Gasteiger charge is 2.24. The van der Waals surface area contributed by atoms with E-state index in [1.54, 1.807) is 0 Å². The van der Waals surface area contributed by atoms with Gasteiger partial charge in [0.05, 0.1) is 0 Å². The maximum atomic E-state index is 3.74. The van der Waals surface area contributed by atoms with E-state index in [-0.39, 0.29) is 0 Å². The maximum Gasteiger partial charge on any atom is 0.0109 e. The Hall–Kier alpha value is -0.120. The van der Waals surface area contributed by atoms with E-state index < -0.39 is 0 Å². The van der Waals surface area contributed by atoms with Crippen molar-refractivity contribution in [3.8, 4) is 0 Å². The summed E-state index contributed by atoms with van der Waals surface area (Å²) in [6, 6.07) is 0.761. The van der Waals surface area contributed by atoms with Gasteiger partial charge in [-0.05, 0) is 58.3 Å². The van der Waals surface area contributed by atoms with Gasteiger partial charge in [0, 0.05) is 25.7 Å². The van der Waals surface area contributed by atoms with Crippen LogP contribution in [0, 0.1) is 5.92 Å². The van der Waals surface area contributed by atoms with Gasteiger partial charge in [0.1, 0.15) is 0 Å². The molecule has 2 aliphatic rings. The molecule has 3 heteroatoms. The van der Waals surface area contributed by atoms with Gasteiger partial charge in [-0.2, -0.15) is 0 Å². The first-order valence-electron chi connectivity index (χ1n) is 8.94. The third kappa shape index (κ3) is 5.34. The first-order valence-corrected chi connectivity index (χ1v) is 8.94. The van der Waals surface area contributed by atoms with Crippen molar-refractivity contribution in [3.05, 3.63) is 0 Å². The van der Waals surface area contributed by atoms with Gasteiger partial charge in [-0.1, -0.05) is 26.2 Å². The number of likely N-dealkylation sites (tertiary alicyclic amines) is 1. The highest BCUT2D eigenvalue weighted by Crippen LogP contribution is 2.24. The van der Waals surface area contributed by atoms with Crippen LogP contribution in [0.3, 0.4) is 0 Å². The van der Waals surface area contributed by atoms with Gasteiger partial charge >= 0.3 is 0 Å². The summed E-state index contributed by atoms with van der Waals surface area (Å²) in [5.74, 6) is 0.862. The number of nitrogens with one attached hydrogen (secondary N) is 1. The van der Waals surface area contributed by atoms with Crippen molar-refractivity contribution < 1.29 is 0 Å². The summed E-state index contributed by atoms with van der Waals surface area (Å²) in [6.07, 6.45) is 9.93. The Labute approximate surface area is 126 Å². The highest BCUT2D eigenvalue weighted by atomic mass is 15.2. The molecule has 0 aromatic carbocycles. The lowest BCUT2D eigenvalue weighted by molar-refractivity contribution is 0.201. The highest BCUT2D eigenvalue weighted by molar-refractivity contribution is 4.81. The molecule has 0 aromatic rings. The Morgan fingerprint density at radius 1 is 1.05 bits per heavy atom. The van der Waals surface area contributed by atoms with Crippen LogP contribution in [-0.4, -0.2) is 62.2 Å². The molecule has 1 N–H and O–H groups in total. The molecule has 3 nitrogen and oxygen atoms in total. The van der Waals surface area contributed by atoms with Gasteiger partial charge in [0.25, 0.3) is 0 Å². The summed E-state index contributed by atoms with van der Waals surface area (Å²) >= 11 is 0. The van der Waals surface area contributed by atoms with Crippen LogP contribution in [0.15, 0.2) is 0 Å². The van der Waals surface area contributed by atoms with Gasteiger partial charge in [-0.15, -0.1) is 0 Å². The van der Waals surface area contributed by atoms with Gasteiger partial charge in [-0.25, -0.2) is 0 Å². The van der Waals surface area contributed by atoms with E-state index in [1.807, 2.05) is 0 Å². The van der Waals surface area contributed by atoms with Crippen LogP contribution in [0.25, 0.3) is 0 Å². The summed E-state index contributed by atoms with van der Waals surface area (Å²) < 4.78 is 0. The summed E-state index contributed by atoms with van der Waals surface area (Å²) in [5.41, 5.74) is 0. The summed E-state index contributed by atoms with van der Waals surface area (Å²) in [6.45, 7) is 9.84. The predicted molar refractivity (Wildman–Crippen MR) is 87.2 cm³/mol. The van der Waals surface area contributed by atoms with E-state index >= 15 is 0 Å². The zero-order valence-electron chi connectivity index (χ0n) is 13.7. The third-order valence-electron chi connectivity index (χ3n) is 5.17. The molecule has 2 fully saturated rings. The Kier molecular flexibility index (Phi) is 7.32. The minimum Gasteiger partial charge on any atom is -0.314 e. The lowest BCUT2D eigenvalue weighted by Crippen LogP contribution is -2.42. The SMILES string of the molecule is CCNC1CCCCCC1CN(C)CCN1CCCC1. The molecule has 0 bridgehead atoms. The van der Waals surface area contributed by atoms with Crippen LogP contribution in [0.1, 0.15) is 51.9 Å². The third-order valence-corrected chi connectivity index (χ3v) is 5.17. The second kappa shape index (κ2) is 9.01. The number of hydrogen-bond donors (Lipinski definition) is 1. The van der Waals surface area contributed by atoms with Crippen LogP contribution in [-0.2, 0) is 0 Å². The van der Waals surface area contributed by atoms with Crippen molar-refractivity contribution in [2.24, 2.45) is 5.92 Å². The number of likely N-dealkylation sites (N-methyl/N-ethyl adjacent to an activating group) is 1. The summed E-state index contributed by atoms with van der Waals surface area (Å²) in [4.78, 5) is 5.21. The van der Waals surface area contributed by atoms with Crippen molar-refractivity contribution in [2.75, 3.05) is 46.3 Å². The first kappa shape index (κ1) is 16.3. The fourth-order valence-corrected chi connectivity index (χ4v) is 3.94. The molecule has 1 heterocycles. The van der Waals surface area contributed by atoms with E-state index in [0.717, 1.165) is 18.5 Å². The van der Waals surface area contributed by atoms with Crippen molar-refractivity contribution in [2.45, 2.75) is 57.9 Å². The average Bonchev–Trinajstić information content (AvgIpc) is 2.87. The molecular weight excluding hydrogens is 246 g/mol. The topological polar surface area (TPSA) is 18.5 Å². The van der Waals surface area contributed by atoms with Crippen LogP contribution in [0.4, 0.5) is 0 Å². The quantitative estimate of drug-likeness (QED) is 0.724. The second-order valence-corrected chi connectivity index (χ2v) is 6.87. The van der Waals surface area contributed by atoms with Gasteiger partial charge in [0.2, 0.25) is 0 Å². The fourth-order valence-electron chi connectivity index (χ4n) is 3.94. The van der Waals surface area contributed by atoms with Crippen LogP contribution in [0.5, 0.6) is 0 Å². The van der Waals surface area contributed by atoms with E-state index in [0.29, 0.717) is 0 Å². The molecular formula is C17H35N3. The maximum absolute atomic E-state index is 3.74. The molecule has 2 rings (SSSR count). The van der Waals surface area contributed by atoms with Crippen LogP contribution < -0.4 is 5.32 Å². The van der Waals surface area contributed by atoms with Gasteiger partial charge < -0.3 is 15.1 Å². The molecule has 0 amide bonds. The fraction of sp³-hybridized carbons (Fsp3) is 1.00. The van der Waals surface area contributed by atoms with Crippen molar-refractivity contribution in [1.82, 2.24) is 15.1 Å². The molecule has 0 aromatic heterocycles. The lowest BCUT2D eigenvalue weighted by atomic mass is 9.94. The first-order chi connectivity index (χ1) is 9.79. The van der Waals surface area contributed by atoms with Gasteiger partial charge in [-0.3, -0.25) is 0 Å². The zero-order valence-corrected chi connectivity index (χ0v) is 13.7. The Morgan fingerprint density at radius 3 is 2.55 bits per heavy atom. The van der Waals surface area contributed by atoms with Gasteiger partial charge in [0.15, 0.2) is 0 Å². The second-order valence-electron chi connectivity index (χ2n) is 6.87. The molecule has 2 unspecified atom stereocenters. The Morgan fingerprint density at radius 2 is 1.80 bits per heavy atom. The molecule has 2 atom stereocenters. The van der Waals surface area contributed by atoms with E-state index in [9.17, 15) is 0 Å². The largest absolute Gasteiger partial charge is 0.314 e. The van der Waals surface area contributed by atoms with E-state index in [4.69, 9.17) is 0 Å². The predicted octanol–water partition coefficient (Wildman–Crippen LogP) is 2.57. The van der Waals surface area contributed by atoms with Crippen LogP contribution in [0.2, 0.25) is 0 Å². The average molecular weight is 281 g/mol. The summed E-state index contributed by atoms with van der Waals surface area (Å²) in [7, 11) is 2.32. The number of nitrogens with zero attached hydrogens (tertiary/aromatic N) is 2. The van der Waals surface area contributed by atoms with Crippen molar-refractivity contribution in [1.29, 1.82) is 0 Å². The number of hydrogen-bond acceptors (Lipinski definition) is 3. The van der Waals surface area contributed by atoms with E-state index in [1.165, 1.54) is 77.7 Å². The van der Waals surface area contributed by atoms with Crippen LogP contribution >= 0.6 is 0 Å². The molecule has 1 saturated carbocycles. The molecule has 1 aliphatic carbocycles.